The average molecular weight is 272 g/mol. The van der Waals surface area contributed by atoms with Crippen LogP contribution in [0.1, 0.15) is 34.3 Å². The molecule has 0 aromatic heterocycles. The number of nitrogens with one attached hydrogen (secondary N) is 1. The van der Waals surface area contributed by atoms with Crippen LogP contribution in [0.15, 0.2) is 18.2 Å². The molecule has 1 fully saturated rings. The van der Waals surface area contributed by atoms with Gasteiger partial charge in [0.25, 0.3) is 5.91 Å². The van der Waals surface area contributed by atoms with E-state index in [1.54, 1.807) is 6.07 Å². The van der Waals surface area contributed by atoms with E-state index in [-0.39, 0.29) is 19.0 Å². The first-order valence-corrected chi connectivity index (χ1v) is 6.87. The van der Waals surface area contributed by atoms with Gasteiger partial charge in [0, 0.05) is 5.56 Å². The van der Waals surface area contributed by atoms with Crippen LogP contribution < -0.4 is 5.32 Å². The summed E-state index contributed by atoms with van der Waals surface area (Å²) in [6.07, 6.45) is 4.40. The lowest BCUT2D eigenvalue weighted by Gasteiger charge is -2.26. The zero-order valence-corrected chi connectivity index (χ0v) is 11.1. The highest BCUT2D eigenvalue weighted by molar-refractivity contribution is 6.05. The summed E-state index contributed by atoms with van der Waals surface area (Å²) in [5.41, 5.74) is 3.09. The van der Waals surface area contributed by atoms with Crippen molar-refractivity contribution in [3.63, 3.8) is 0 Å². The second-order valence-electron chi connectivity index (χ2n) is 5.32. The van der Waals surface area contributed by atoms with E-state index in [4.69, 9.17) is 0 Å². The van der Waals surface area contributed by atoms with Gasteiger partial charge in [-0.2, -0.15) is 0 Å². The summed E-state index contributed by atoms with van der Waals surface area (Å²) in [5.74, 6) is -1.10. The molecule has 5 nitrogen and oxygen atoms in total. The minimum Gasteiger partial charge on any atom is -0.320 e. The van der Waals surface area contributed by atoms with E-state index in [1.165, 1.54) is 22.4 Å². The number of hydrogen-bond donors (Lipinski definition) is 1. The zero-order valence-electron chi connectivity index (χ0n) is 11.1. The first-order chi connectivity index (χ1) is 9.63. The van der Waals surface area contributed by atoms with Gasteiger partial charge in [-0.1, -0.05) is 6.07 Å². The molecule has 1 heterocycles. The Morgan fingerprint density at radius 2 is 1.65 bits per heavy atom. The van der Waals surface area contributed by atoms with Gasteiger partial charge >= 0.3 is 0 Å². The molecule has 1 aliphatic carbocycles. The molecule has 104 valence electrons. The lowest BCUT2D eigenvalue weighted by molar-refractivity contribution is -0.135. The van der Waals surface area contributed by atoms with E-state index >= 15 is 0 Å². The van der Waals surface area contributed by atoms with Crippen LogP contribution in [0.3, 0.4) is 0 Å². The summed E-state index contributed by atoms with van der Waals surface area (Å²) in [5, 5.41) is 2.19. The molecule has 2 aliphatic rings. The van der Waals surface area contributed by atoms with Crippen LogP contribution in [-0.2, 0) is 22.4 Å². The van der Waals surface area contributed by atoms with Crippen molar-refractivity contribution in [1.82, 2.24) is 10.2 Å². The molecule has 0 bridgehead atoms. The Hall–Kier alpha value is -2.17. The molecule has 0 unspecified atom stereocenters. The Morgan fingerprint density at radius 1 is 1.00 bits per heavy atom. The molecule has 5 heteroatoms. The third-order valence-electron chi connectivity index (χ3n) is 3.83. The van der Waals surface area contributed by atoms with Crippen LogP contribution in [0.25, 0.3) is 0 Å². The number of fused-ring (bicyclic) bond motifs is 1. The van der Waals surface area contributed by atoms with Gasteiger partial charge in [-0.25, -0.2) is 0 Å². The van der Waals surface area contributed by atoms with Crippen LogP contribution in [0.5, 0.6) is 0 Å². The molecule has 0 spiro atoms. The lowest BCUT2D eigenvalue weighted by Crippen LogP contribution is -2.53. The molecule has 0 atom stereocenters. The van der Waals surface area contributed by atoms with E-state index in [2.05, 4.69) is 5.32 Å². The van der Waals surface area contributed by atoms with Gasteiger partial charge in [-0.05, 0) is 48.9 Å². The fraction of sp³-hybridized carbons (Fsp3) is 0.400. The molecule has 1 aliphatic heterocycles. The predicted octanol–water partition coefficient (Wildman–Crippen LogP) is 0.664. The van der Waals surface area contributed by atoms with Gasteiger partial charge in [0.1, 0.15) is 13.1 Å². The summed E-state index contributed by atoms with van der Waals surface area (Å²) >= 11 is 0. The standard InChI is InChI=1S/C15H16N2O3/c18-13-8-17(9-14(19)16-13)15(20)12-6-5-10-3-1-2-4-11(10)7-12/h5-7H,1-4,8-9H2,(H,16,18,19). The zero-order chi connectivity index (χ0) is 14.1. The highest BCUT2D eigenvalue weighted by Gasteiger charge is 2.27. The molecule has 20 heavy (non-hydrogen) atoms. The number of aryl methyl sites for hydroxylation is 2. The maximum absolute atomic E-state index is 12.4. The van der Waals surface area contributed by atoms with Crippen molar-refractivity contribution in [2.24, 2.45) is 0 Å². The maximum Gasteiger partial charge on any atom is 0.254 e. The van der Waals surface area contributed by atoms with Gasteiger partial charge in [0.15, 0.2) is 0 Å². The van der Waals surface area contributed by atoms with Gasteiger partial charge in [-0.3, -0.25) is 19.7 Å². The first-order valence-electron chi connectivity index (χ1n) is 6.87. The molecule has 0 radical (unpaired) electrons. The van der Waals surface area contributed by atoms with Crippen LogP contribution in [-0.4, -0.2) is 35.7 Å². The number of imide groups is 1. The fourth-order valence-corrected chi connectivity index (χ4v) is 2.83. The highest BCUT2D eigenvalue weighted by atomic mass is 16.2. The van der Waals surface area contributed by atoms with Gasteiger partial charge in [0.05, 0.1) is 0 Å². The molecule has 3 amide bonds. The number of piperazine rings is 1. The van der Waals surface area contributed by atoms with Gasteiger partial charge in [0.2, 0.25) is 11.8 Å². The number of carbonyl (C=O) groups is 3. The first kappa shape index (κ1) is 12.8. The second-order valence-corrected chi connectivity index (χ2v) is 5.32. The predicted molar refractivity (Wildman–Crippen MR) is 72.1 cm³/mol. The van der Waals surface area contributed by atoms with Crippen molar-refractivity contribution in [1.29, 1.82) is 0 Å². The minimum absolute atomic E-state index is 0.0539. The van der Waals surface area contributed by atoms with E-state index in [1.807, 2.05) is 12.1 Å². The molecule has 1 aromatic carbocycles. The number of amides is 3. The third-order valence-corrected chi connectivity index (χ3v) is 3.83. The van der Waals surface area contributed by atoms with Crippen molar-refractivity contribution >= 4 is 17.7 Å². The molecule has 1 saturated heterocycles. The van der Waals surface area contributed by atoms with Crippen molar-refractivity contribution < 1.29 is 14.4 Å². The SMILES string of the molecule is O=C1CN(C(=O)c2ccc3c(c2)CCCC3)CC(=O)N1. The Kier molecular flexibility index (Phi) is 3.26. The number of carbonyl (C=O) groups excluding carboxylic acids is 3. The summed E-state index contributed by atoms with van der Waals surface area (Å²) in [6.45, 7) is -0.108. The average Bonchev–Trinajstić information content (AvgIpc) is 2.45. The van der Waals surface area contributed by atoms with Crippen molar-refractivity contribution in [3.8, 4) is 0 Å². The molecular weight excluding hydrogens is 256 g/mol. The highest BCUT2D eigenvalue weighted by Crippen LogP contribution is 2.22. The number of nitrogens with zero attached hydrogens (tertiary/aromatic N) is 1. The summed E-state index contributed by atoms with van der Waals surface area (Å²) in [6, 6.07) is 5.70. The lowest BCUT2D eigenvalue weighted by atomic mass is 9.90. The monoisotopic (exact) mass is 272 g/mol. The number of hydrogen-bond acceptors (Lipinski definition) is 3. The largest absolute Gasteiger partial charge is 0.320 e. The summed E-state index contributed by atoms with van der Waals surface area (Å²) in [4.78, 5) is 36.3. The normalized spacial score (nSPS) is 18.5. The van der Waals surface area contributed by atoms with E-state index in [9.17, 15) is 14.4 Å². The minimum atomic E-state index is -0.424. The molecule has 1 aromatic rings. The van der Waals surface area contributed by atoms with Crippen LogP contribution >= 0.6 is 0 Å². The topological polar surface area (TPSA) is 66.5 Å². The molecule has 1 N–H and O–H groups in total. The van der Waals surface area contributed by atoms with E-state index in [0.717, 1.165) is 19.3 Å². The van der Waals surface area contributed by atoms with Crippen molar-refractivity contribution in [2.75, 3.05) is 13.1 Å². The molecule has 3 rings (SSSR count). The summed E-state index contributed by atoms with van der Waals surface area (Å²) in [7, 11) is 0. The Bertz CT molecular complexity index is 579. The quantitative estimate of drug-likeness (QED) is 0.764. The smallest absolute Gasteiger partial charge is 0.254 e. The van der Waals surface area contributed by atoms with E-state index < -0.39 is 11.8 Å². The number of rotatable bonds is 1. The van der Waals surface area contributed by atoms with Crippen LogP contribution in [0, 0.1) is 0 Å². The summed E-state index contributed by atoms with van der Waals surface area (Å²) < 4.78 is 0. The molecular formula is C15H16N2O3. The van der Waals surface area contributed by atoms with Gasteiger partial charge < -0.3 is 4.90 Å². The Morgan fingerprint density at radius 3 is 2.35 bits per heavy atom. The van der Waals surface area contributed by atoms with Crippen molar-refractivity contribution in [3.05, 3.63) is 34.9 Å². The van der Waals surface area contributed by atoms with E-state index in [0.29, 0.717) is 5.56 Å². The Balaban J connectivity index is 1.83. The van der Waals surface area contributed by atoms with Gasteiger partial charge in [-0.15, -0.1) is 0 Å². The second kappa shape index (κ2) is 5.07. The third kappa shape index (κ3) is 2.43. The van der Waals surface area contributed by atoms with Crippen LogP contribution in [0.2, 0.25) is 0 Å². The van der Waals surface area contributed by atoms with Crippen LogP contribution in [0.4, 0.5) is 0 Å². The number of benzene rings is 1. The fourth-order valence-electron chi connectivity index (χ4n) is 2.83. The Labute approximate surface area is 116 Å². The maximum atomic E-state index is 12.4. The van der Waals surface area contributed by atoms with Crippen molar-refractivity contribution in [2.45, 2.75) is 25.7 Å². The molecule has 0 saturated carbocycles.